The van der Waals surface area contributed by atoms with Gasteiger partial charge in [0, 0.05) is 43.7 Å². The van der Waals surface area contributed by atoms with Crippen molar-refractivity contribution in [1.82, 2.24) is 14.3 Å². The molecule has 0 bridgehead atoms. The van der Waals surface area contributed by atoms with E-state index < -0.39 is 6.29 Å². The molecule has 0 spiro atoms. The molecule has 200 valence electrons. The first-order valence-electron chi connectivity index (χ1n) is 13.3. The summed E-state index contributed by atoms with van der Waals surface area (Å²) in [5.41, 5.74) is 3.92. The number of hydrogen-bond acceptors (Lipinski definition) is 5. The van der Waals surface area contributed by atoms with Crippen molar-refractivity contribution in [3.8, 4) is 5.69 Å². The minimum absolute atomic E-state index is 0.0156. The molecule has 2 atom stereocenters. The molecule has 1 amide bonds. The van der Waals surface area contributed by atoms with Gasteiger partial charge in [-0.1, -0.05) is 42.5 Å². The first kappa shape index (κ1) is 26.0. The average molecular weight is 518 g/mol. The zero-order valence-electron chi connectivity index (χ0n) is 22.0. The van der Waals surface area contributed by atoms with Crippen LogP contribution in [-0.2, 0) is 34.5 Å². The summed E-state index contributed by atoms with van der Waals surface area (Å²) >= 11 is 0. The Morgan fingerprint density at radius 1 is 1.03 bits per heavy atom. The Labute approximate surface area is 222 Å². The number of para-hydroxylation sites is 1. The van der Waals surface area contributed by atoms with Crippen LogP contribution < -0.4 is 5.56 Å². The number of benzene rings is 2. The Balaban J connectivity index is 1.46. The number of aliphatic hydroxyl groups excluding tert-OH is 1. The molecule has 2 aliphatic rings. The number of piperidine rings is 1. The van der Waals surface area contributed by atoms with E-state index in [4.69, 9.17) is 9.47 Å². The van der Waals surface area contributed by atoms with E-state index in [0.717, 1.165) is 41.8 Å². The summed E-state index contributed by atoms with van der Waals surface area (Å²) in [5.74, 6) is -0.233. The van der Waals surface area contributed by atoms with Gasteiger partial charge in [0.25, 0.3) is 11.5 Å². The van der Waals surface area contributed by atoms with Gasteiger partial charge in [0.1, 0.15) is 0 Å². The van der Waals surface area contributed by atoms with Crippen LogP contribution in [0.1, 0.15) is 54.0 Å². The molecule has 8 heteroatoms. The van der Waals surface area contributed by atoms with Crippen LogP contribution >= 0.6 is 0 Å². The Hall–Kier alpha value is -3.62. The van der Waals surface area contributed by atoms with Crippen molar-refractivity contribution in [2.45, 2.75) is 58.0 Å². The molecule has 2 aliphatic heterocycles. The lowest BCUT2D eigenvalue weighted by atomic mass is 9.93. The van der Waals surface area contributed by atoms with Crippen molar-refractivity contribution < 1.29 is 19.4 Å². The first-order chi connectivity index (χ1) is 18.5. The van der Waals surface area contributed by atoms with E-state index in [2.05, 4.69) is 0 Å². The van der Waals surface area contributed by atoms with Crippen molar-refractivity contribution >= 4 is 5.91 Å². The largest absolute Gasteiger partial charge is 0.459 e. The van der Waals surface area contributed by atoms with Gasteiger partial charge < -0.3 is 19.5 Å². The summed E-state index contributed by atoms with van der Waals surface area (Å²) in [5, 5.41) is 9.30. The van der Waals surface area contributed by atoms with Gasteiger partial charge >= 0.3 is 0 Å². The summed E-state index contributed by atoms with van der Waals surface area (Å²) in [7, 11) is 1.88. The van der Waals surface area contributed by atoms with E-state index in [1.54, 1.807) is 4.68 Å². The quantitative estimate of drug-likeness (QED) is 0.514. The highest BCUT2D eigenvalue weighted by Crippen LogP contribution is 2.33. The number of allylic oxidation sites excluding steroid dienone is 1. The molecule has 0 radical (unpaired) electrons. The predicted molar refractivity (Wildman–Crippen MR) is 144 cm³/mol. The van der Waals surface area contributed by atoms with Crippen molar-refractivity contribution in [1.29, 1.82) is 0 Å². The van der Waals surface area contributed by atoms with E-state index in [-0.39, 0.29) is 36.4 Å². The summed E-state index contributed by atoms with van der Waals surface area (Å²) in [4.78, 5) is 29.0. The van der Waals surface area contributed by atoms with Crippen LogP contribution in [0.5, 0.6) is 0 Å². The number of aromatic nitrogens is 2. The molecule has 1 aromatic heterocycles. The summed E-state index contributed by atoms with van der Waals surface area (Å²) in [6.45, 7) is 3.62. The fourth-order valence-electron chi connectivity index (χ4n) is 5.31. The molecule has 38 heavy (non-hydrogen) atoms. The SMILES string of the molecule is Cc1c([C@@H]2C=C(C(=O)N3CCCCC3)O[C@H](OCc3ccc(CO)cc3)C2)c(=O)n(-c2ccccc2)n1C. The van der Waals surface area contributed by atoms with Crippen molar-refractivity contribution in [3.63, 3.8) is 0 Å². The van der Waals surface area contributed by atoms with E-state index in [0.29, 0.717) is 25.1 Å². The second-order valence-electron chi connectivity index (χ2n) is 10.0. The molecule has 3 heterocycles. The maximum atomic E-state index is 13.8. The summed E-state index contributed by atoms with van der Waals surface area (Å²) in [6, 6.07) is 17.1. The molecule has 1 fully saturated rings. The van der Waals surface area contributed by atoms with Crippen LogP contribution in [0.3, 0.4) is 0 Å². The van der Waals surface area contributed by atoms with Crippen LogP contribution in [-0.4, -0.2) is 44.7 Å². The predicted octanol–water partition coefficient (Wildman–Crippen LogP) is 3.92. The number of carbonyl (C=O) groups is 1. The average Bonchev–Trinajstić information content (AvgIpc) is 3.19. The molecule has 0 aliphatic carbocycles. The zero-order valence-corrected chi connectivity index (χ0v) is 22.0. The standard InChI is InChI=1S/C30H35N3O5/c1-21-28(30(36)33(31(21)2)25-9-5-3-6-10-25)24-17-26(29(35)32-15-7-4-8-16-32)38-27(18-24)37-20-23-13-11-22(19-34)12-14-23/h3,5-6,9-14,17,24,27,34H,4,7-8,15-16,18-20H2,1-2H3/t24-,27+/m1/s1. The monoisotopic (exact) mass is 517 g/mol. The van der Waals surface area contributed by atoms with Gasteiger partial charge in [0.05, 0.1) is 18.9 Å². The summed E-state index contributed by atoms with van der Waals surface area (Å²) < 4.78 is 15.8. The Morgan fingerprint density at radius 3 is 2.39 bits per heavy atom. The second kappa shape index (κ2) is 11.4. The van der Waals surface area contributed by atoms with Crippen molar-refractivity contribution in [2.75, 3.05) is 13.1 Å². The molecule has 8 nitrogen and oxygen atoms in total. The number of amides is 1. The molecule has 1 saturated heterocycles. The van der Waals surface area contributed by atoms with Crippen LogP contribution in [0.15, 0.2) is 71.2 Å². The van der Waals surface area contributed by atoms with Gasteiger partial charge in [-0.25, -0.2) is 4.68 Å². The smallest absolute Gasteiger partial charge is 0.288 e. The lowest BCUT2D eigenvalue weighted by Gasteiger charge is -2.32. The number of carbonyl (C=O) groups excluding carboxylic acids is 1. The Bertz CT molecular complexity index is 1350. The molecule has 1 N–H and O–H groups in total. The van der Waals surface area contributed by atoms with Gasteiger partial charge in [0.2, 0.25) is 6.29 Å². The number of nitrogens with zero attached hydrogens (tertiary/aromatic N) is 3. The van der Waals surface area contributed by atoms with Gasteiger partial charge in [0.15, 0.2) is 5.76 Å². The van der Waals surface area contributed by atoms with Crippen molar-refractivity contribution in [3.05, 3.63) is 99.2 Å². The molecule has 3 aromatic rings. The second-order valence-corrected chi connectivity index (χ2v) is 10.0. The van der Waals surface area contributed by atoms with E-state index in [9.17, 15) is 14.7 Å². The molecular weight excluding hydrogens is 482 g/mol. The zero-order chi connectivity index (χ0) is 26.6. The molecule has 2 aromatic carbocycles. The Morgan fingerprint density at radius 2 is 1.71 bits per heavy atom. The minimum atomic E-state index is -0.685. The lowest BCUT2D eigenvalue weighted by molar-refractivity contribution is -0.156. The number of likely N-dealkylation sites (tertiary alicyclic amines) is 1. The van der Waals surface area contributed by atoms with Gasteiger partial charge in [-0.05, 0) is 55.5 Å². The van der Waals surface area contributed by atoms with Crippen LogP contribution in [0, 0.1) is 6.92 Å². The highest BCUT2D eigenvalue weighted by molar-refractivity contribution is 5.91. The van der Waals surface area contributed by atoms with Gasteiger partial charge in [-0.2, -0.15) is 0 Å². The highest BCUT2D eigenvalue weighted by Gasteiger charge is 2.34. The highest BCUT2D eigenvalue weighted by atomic mass is 16.7. The van der Waals surface area contributed by atoms with Crippen molar-refractivity contribution in [2.24, 2.45) is 7.05 Å². The molecule has 0 saturated carbocycles. The van der Waals surface area contributed by atoms with Crippen LogP contribution in [0.2, 0.25) is 0 Å². The number of aliphatic hydroxyl groups is 1. The fourth-order valence-corrected chi connectivity index (χ4v) is 5.31. The lowest BCUT2D eigenvalue weighted by Crippen LogP contribution is -2.39. The van der Waals surface area contributed by atoms with Gasteiger partial charge in [-0.15, -0.1) is 0 Å². The normalized spacial score (nSPS) is 19.7. The minimum Gasteiger partial charge on any atom is -0.459 e. The first-order valence-corrected chi connectivity index (χ1v) is 13.3. The van der Waals surface area contributed by atoms with E-state index in [1.165, 1.54) is 0 Å². The maximum absolute atomic E-state index is 13.8. The molecule has 5 rings (SSSR count). The maximum Gasteiger partial charge on any atom is 0.288 e. The third-order valence-electron chi connectivity index (χ3n) is 7.52. The third kappa shape index (κ3) is 5.33. The third-order valence-corrected chi connectivity index (χ3v) is 7.52. The Kier molecular flexibility index (Phi) is 7.81. The van der Waals surface area contributed by atoms with Crippen LogP contribution in [0.4, 0.5) is 0 Å². The summed E-state index contributed by atoms with van der Waals surface area (Å²) in [6.07, 6.45) is 4.62. The molecular formula is C30H35N3O5. The fraction of sp³-hybridized carbons (Fsp3) is 0.400. The van der Waals surface area contributed by atoms with E-state index >= 15 is 0 Å². The molecule has 0 unspecified atom stereocenters. The van der Waals surface area contributed by atoms with Gasteiger partial charge in [-0.3, -0.25) is 14.3 Å². The van der Waals surface area contributed by atoms with E-state index in [1.807, 2.05) is 84.2 Å². The van der Waals surface area contributed by atoms with Crippen LogP contribution in [0.25, 0.3) is 5.69 Å². The topological polar surface area (TPSA) is 85.9 Å². The number of rotatable bonds is 7. The number of hydrogen-bond donors (Lipinski definition) is 1. The number of ether oxygens (including phenoxy) is 2.